The van der Waals surface area contributed by atoms with E-state index in [2.05, 4.69) is 23.8 Å². The Labute approximate surface area is 122 Å². The quantitative estimate of drug-likeness (QED) is 0.800. The topological polar surface area (TPSA) is 51.0 Å². The predicted octanol–water partition coefficient (Wildman–Crippen LogP) is 2.76. The Morgan fingerprint density at radius 1 is 1.50 bits per heavy atom. The lowest BCUT2D eigenvalue weighted by atomic mass is 10.0. The van der Waals surface area contributed by atoms with Gasteiger partial charge in [0, 0.05) is 25.2 Å². The number of hydrogen-bond donors (Lipinski definition) is 0. The highest BCUT2D eigenvalue weighted by Gasteiger charge is 2.31. The molecule has 3 heterocycles. The highest BCUT2D eigenvalue weighted by Crippen LogP contribution is 2.31. The summed E-state index contributed by atoms with van der Waals surface area (Å²) < 4.78 is 2.03. The molecule has 106 valence electrons. The van der Waals surface area contributed by atoms with Gasteiger partial charge in [-0.2, -0.15) is 4.98 Å². The number of amides is 1. The third kappa shape index (κ3) is 2.06. The third-order valence-corrected chi connectivity index (χ3v) is 3.89. The van der Waals surface area contributed by atoms with Crippen molar-refractivity contribution in [1.82, 2.24) is 19.4 Å². The van der Waals surface area contributed by atoms with Gasteiger partial charge in [-0.3, -0.25) is 4.79 Å². The number of fused-ring (bicyclic) bond motifs is 3. The van der Waals surface area contributed by atoms with Crippen molar-refractivity contribution < 1.29 is 4.79 Å². The summed E-state index contributed by atoms with van der Waals surface area (Å²) in [5.41, 5.74) is 1.43. The van der Waals surface area contributed by atoms with Crippen molar-refractivity contribution in [3.05, 3.63) is 23.2 Å². The molecule has 5 nitrogen and oxygen atoms in total. The van der Waals surface area contributed by atoms with Crippen LogP contribution in [0.2, 0.25) is 5.28 Å². The largest absolute Gasteiger partial charge is 0.338 e. The van der Waals surface area contributed by atoms with Crippen molar-refractivity contribution in [2.24, 2.45) is 5.92 Å². The summed E-state index contributed by atoms with van der Waals surface area (Å²) in [4.78, 5) is 22.4. The van der Waals surface area contributed by atoms with Gasteiger partial charge < -0.3 is 9.47 Å². The third-order valence-electron chi connectivity index (χ3n) is 3.71. The summed E-state index contributed by atoms with van der Waals surface area (Å²) in [6, 6.07) is 2.09. The molecule has 1 atom stereocenters. The maximum Gasteiger partial charge on any atom is 0.270 e. The summed E-state index contributed by atoms with van der Waals surface area (Å²) in [5, 5.41) is 1.08. The van der Waals surface area contributed by atoms with Crippen molar-refractivity contribution in [2.75, 3.05) is 13.6 Å². The number of carbonyl (C=O) groups excluding carboxylic acids is 1. The van der Waals surface area contributed by atoms with Gasteiger partial charge in [0.25, 0.3) is 5.91 Å². The zero-order valence-corrected chi connectivity index (χ0v) is 12.6. The van der Waals surface area contributed by atoms with Crippen molar-refractivity contribution in [3.63, 3.8) is 0 Å². The van der Waals surface area contributed by atoms with Gasteiger partial charge in [0.15, 0.2) is 0 Å². The van der Waals surface area contributed by atoms with E-state index >= 15 is 0 Å². The lowest BCUT2D eigenvalue weighted by Gasteiger charge is -2.33. The molecular formula is C14H17ClN4O. The molecule has 0 saturated heterocycles. The number of nitrogens with zero attached hydrogens (tertiary/aromatic N) is 4. The molecule has 2 aromatic rings. The average molecular weight is 293 g/mol. The van der Waals surface area contributed by atoms with E-state index < -0.39 is 0 Å². The average Bonchev–Trinajstić information content (AvgIpc) is 2.74. The second-order valence-corrected chi connectivity index (χ2v) is 6.12. The van der Waals surface area contributed by atoms with Gasteiger partial charge in [0.1, 0.15) is 11.3 Å². The van der Waals surface area contributed by atoms with E-state index in [0.717, 1.165) is 17.5 Å². The van der Waals surface area contributed by atoms with Gasteiger partial charge in [-0.05, 0) is 30.0 Å². The number of hydrogen-bond acceptors (Lipinski definition) is 3. The molecule has 0 spiro atoms. The van der Waals surface area contributed by atoms with Crippen molar-refractivity contribution in [2.45, 2.75) is 26.3 Å². The van der Waals surface area contributed by atoms with Crippen LogP contribution in [0.25, 0.3) is 11.0 Å². The summed E-state index contributed by atoms with van der Waals surface area (Å²) in [5.74, 6) is 0.573. The molecule has 20 heavy (non-hydrogen) atoms. The number of aromatic nitrogens is 3. The second-order valence-electron chi connectivity index (χ2n) is 5.79. The molecule has 2 aromatic heterocycles. The van der Waals surface area contributed by atoms with Crippen LogP contribution in [0.4, 0.5) is 0 Å². The molecule has 0 saturated carbocycles. The van der Waals surface area contributed by atoms with Crippen LogP contribution in [0.1, 0.15) is 36.8 Å². The molecule has 3 rings (SSSR count). The number of likely N-dealkylation sites (N-methyl/N-ethyl adjacent to an activating group) is 1. The number of carbonyl (C=O) groups is 1. The molecule has 1 aliphatic heterocycles. The minimum absolute atomic E-state index is 0.0270. The highest BCUT2D eigenvalue weighted by atomic mass is 35.5. The Morgan fingerprint density at radius 3 is 2.95 bits per heavy atom. The molecule has 0 radical (unpaired) electrons. The van der Waals surface area contributed by atoms with Crippen LogP contribution in [-0.2, 0) is 0 Å². The van der Waals surface area contributed by atoms with Crippen molar-refractivity contribution in [3.8, 4) is 0 Å². The van der Waals surface area contributed by atoms with Gasteiger partial charge in [-0.15, -0.1) is 0 Å². The van der Waals surface area contributed by atoms with Gasteiger partial charge >= 0.3 is 0 Å². The molecule has 0 aliphatic carbocycles. The van der Waals surface area contributed by atoms with E-state index in [0.29, 0.717) is 18.2 Å². The molecule has 0 bridgehead atoms. The van der Waals surface area contributed by atoms with Crippen LogP contribution >= 0.6 is 11.6 Å². The number of rotatable bonds is 2. The fourth-order valence-corrected chi connectivity index (χ4v) is 3.05. The molecular weight excluding hydrogens is 276 g/mol. The maximum absolute atomic E-state index is 12.3. The van der Waals surface area contributed by atoms with E-state index in [1.807, 2.05) is 17.7 Å². The Kier molecular flexibility index (Phi) is 3.17. The molecule has 1 unspecified atom stereocenters. The van der Waals surface area contributed by atoms with Gasteiger partial charge in [0.2, 0.25) is 5.28 Å². The fourth-order valence-electron chi connectivity index (χ4n) is 2.92. The molecule has 0 aromatic carbocycles. The van der Waals surface area contributed by atoms with Crippen LogP contribution < -0.4 is 0 Å². The highest BCUT2D eigenvalue weighted by molar-refractivity contribution is 6.28. The molecule has 0 N–H and O–H groups in total. The molecule has 0 fully saturated rings. The summed E-state index contributed by atoms with van der Waals surface area (Å²) in [6.07, 6.45) is 2.67. The maximum atomic E-state index is 12.3. The first-order chi connectivity index (χ1) is 9.47. The summed E-state index contributed by atoms with van der Waals surface area (Å²) >= 11 is 5.91. The lowest BCUT2D eigenvalue weighted by Crippen LogP contribution is -2.40. The predicted molar refractivity (Wildman–Crippen MR) is 78.0 cm³/mol. The molecule has 1 aliphatic rings. The monoisotopic (exact) mass is 292 g/mol. The minimum Gasteiger partial charge on any atom is -0.338 e. The van der Waals surface area contributed by atoms with Gasteiger partial charge in [-0.25, -0.2) is 4.98 Å². The zero-order chi connectivity index (χ0) is 14.4. The number of halogens is 1. The first kappa shape index (κ1) is 13.4. The van der Waals surface area contributed by atoms with Crippen LogP contribution in [0, 0.1) is 5.92 Å². The van der Waals surface area contributed by atoms with Crippen LogP contribution in [-0.4, -0.2) is 38.9 Å². The zero-order valence-electron chi connectivity index (χ0n) is 11.8. The Balaban J connectivity index is 2.21. The first-order valence-corrected chi connectivity index (χ1v) is 7.14. The second kappa shape index (κ2) is 4.74. The van der Waals surface area contributed by atoms with Gasteiger partial charge in [-0.1, -0.05) is 13.8 Å². The van der Waals surface area contributed by atoms with E-state index in [4.69, 9.17) is 11.6 Å². The lowest BCUT2D eigenvalue weighted by molar-refractivity contribution is 0.0710. The SMILES string of the molecule is CC(C)CC1CN(C)C(=O)c2cc3cnc(Cl)nc3n21. The van der Waals surface area contributed by atoms with Crippen LogP contribution in [0.3, 0.4) is 0 Å². The molecule has 1 amide bonds. The Bertz CT molecular complexity index is 679. The van der Waals surface area contributed by atoms with E-state index in [1.54, 1.807) is 11.1 Å². The Hall–Kier alpha value is -1.62. The van der Waals surface area contributed by atoms with Crippen molar-refractivity contribution in [1.29, 1.82) is 0 Å². The standard InChI is InChI=1S/C14H17ClN4O/c1-8(2)4-10-7-18(3)13(20)11-5-9-6-16-14(15)17-12(9)19(10)11/h5-6,8,10H,4,7H2,1-3H3. The summed E-state index contributed by atoms with van der Waals surface area (Å²) in [7, 11) is 1.84. The van der Waals surface area contributed by atoms with E-state index in [9.17, 15) is 4.79 Å². The van der Waals surface area contributed by atoms with E-state index in [1.165, 1.54) is 0 Å². The van der Waals surface area contributed by atoms with Crippen LogP contribution in [0.5, 0.6) is 0 Å². The summed E-state index contributed by atoms with van der Waals surface area (Å²) in [6.45, 7) is 5.07. The van der Waals surface area contributed by atoms with E-state index in [-0.39, 0.29) is 17.2 Å². The fraction of sp³-hybridized carbons (Fsp3) is 0.500. The molecule has 6 heteroatoms. The minimum atomic E-state index is 0.0270. The Morgan fingerprint density at radius 2 is 2.25 bits per heavy atom. The normalized spacial score (nSPS) is 18.9. The first-order valence-electron chi connectivity index (χ1n) is 6.76. The van der Waals surface area contributed by atoms with Gasteiger partial charge in [0.05, 0.1) is 6.04 Å². The van der Waals surface area contributed by atoms with Crippen LogP contribution in [0.15, 0.2) is 12.3 Å². The van der Waals surface area contributed by atoms with Crippen molar-refractivity contribution >= 4 is 28.5 Å². The smallest absolute Gasteiger partial charge is 0.270 e.